The number of nitrogens with two attached hydrogens (primary N) is 1. The molecule has 1 saturated heterocycles. The molecule has 1 aromatic heterocycles. The summed E-state index contributed by atoms with van der Waals surface area (Å²) in [4.78, 5) is 16.6. The monoisotopic (exact) mass is 355 g/mol. The smallest absolute Gasteiger partial charge is 0.323 e. The highest BCUT2D eigenvalue weighted by atomic mass is 35.5. The van der Waals surface area contributed by atoms with Crippen molar-refractivity contribution in [3.63, 3.8) is 0 Å². The van der Waals surface area contributed by atoms with E-state index in [0.29, 0.717) is 11.0 Å². The molecular formula is C16H26ClN5O2. The van der Waals surface area contributed by atoms with Gasteiger partial charge in [-0.25, -0.2) is 0 Å². The number of anilines is 2. The fourth-order valence-electron chi connectivity index (χ4n) is 2.91. The Morgan fingerprint density at radius 3 is 2.67 bits per heavy atom. The zero-order valence-electron chi connectivity index (χ0n) is 14.9. The van der Waals surface area contributed by atoms with Gasteiger partial charge in [0, 0.05) is 31.7 Å². The van der Waals surface area contributed by atoms with Gasteiger partial charge in [-0.2, -0.15) is 0 Å². The van der Waals surface area contributed by atoms with Crippen LogP contribution in [0.4, 0.5) is 11.5 Å². The zero-order chi connectivity index (χ0) is 18.1. The van der Waals surface area contributed by atoms with Gasteiger partial charge in [-0.1, -0.05) is 11.6 Å². The lowest BCUT2D eigenvalue weighted by molar-refractivity contribution is -0.161. The molecule has 2 N–H and O–H groups in total. The molecule has 8 heteroatoms. The van der Waals surface area contributed by atoms with Crippen molar-refractivity contribution in [3.8, 4) is 0 Å². The van der Waals surface area contributed by atoms with Crippen LogP contribution in [0.3, 0.4) is 0 Å². The van der Waals surface area contributed by atoms with Gasteiger partial charge >= 0.3 is 5.97 Å². The maximum absolute atomic E-state index is 12.3. The Bertz CT molecular complexity index is 605. The van der Waals surface area contributed by atoms with Crippen molar-refractivity contribution < 1.29 is 9.53 Å². The molecule has 0 radical (unpaired) electrons. The van der Waals surface area contributed by atoms with Gasteiger partial charge < -0.3 is 15.4 Å². The number of hydrogen-bond donors (Lipinski definition) is 1. The van der Waals surface area contributed by atoms with Gasteiger partial charge in [-0.05, 0) is 34.6 Å². The molecule has 1 fully saturated rings. The van der Waals surface area contributed by atoms with Gasteiger partial charge in [0.15, 0.2) is 11.0 Å². The molecule has 134 valence electrons. The first-order valence-electron chi connectivity index (χ1n) is 8.10. The molecule has 2 atom stereocenters. The normalized spacial score (nSPS) is 20.8. The van der Waals surface area contributed by atoms with Crippen molar-refractivity contribution in [1.29, 1.82) is 0 Å². The molecule has 24 heavy (non-hydrogen) atoms. The van der Waals surface area contributed by atoms with E-state index >= 15 is 0 Å². The summed E-state index contributed by atoms with van der Waals surface area (Å²) < 4.78 is 5.50. The van der Waals surface area contributed by atoms with Gasteiger partial charge in [-0.3, -0.25) is 9.69 Å². The summed E-state index contributed by atoms with van der Waals surface area (Å²) in [6.45, 7) is 11.8. The number of nitrogen functional groups attached to an aromatic ring is 1. The topological polar surface area (TPSA) is 84.6 Å². The standard InChI is InChI=1S/C16H26ClN5O2/c1-10-9-21(12-8-13(17)19-20-14(12)18)6-7-22(10)11(2)15(23)24-16(3,4)5/h8,10-11H,6-7,9H2,1-5H3,(H2,18,20)/t10-,11?/m1/s1. The minimum atomic E-state index is -0.482. The van der Waals surface area contributed by atoms with E-state index < -0.39 is 5.60 Å². The summed E-state index contributed by atoms with van der Waals surface area (Å²) in [5.41, 5.74) is 6.22. The molecule has 1 aromatic rings. The van der Waals surface area contributed by atoms with Crippen LogP contribution in [-0.4, -0.2) is 58.4 Å². The summed E-state index contributed by atoms with van der Waals surface area (Å²) >= 11 is 5.93. The highest BCUT2D eigenvalue weighted by Crippen LogP contribution is 2.26. The van der Waals surface area contributed by atoms with Gasteiger partial charge in [0.1, 0.15) is 11.6 Å². The predicted molar refractivity (Wildman–Crippen MR) is 95.1 cm³/mol. The molecule has 1 aliphatic rings. The molecule has 2 rings (SSSR count). The van der Waals surface area contributed by atoms with Gasteiger partial charge in [-0.15, -0.1) is 10.2 Å². The number of carbonyl (C=O) groups excluding carboxylic acids is 1. The van der Waals surface area contributed by atoms with Crippen LogP contribution in [0.25, 0.3) is 0 Å². The highest BCUT2D eigenvalue weighted by Gasteiger charge is 2.33. The number of hydrogen-bond acceptors (Lipinski definition) is 7. The lowest BCUT2D eigenvalue weighted by Crippen LogP contribution is -2.57. The van der Waals surface area contributed by atoms with E-state index in [2.05, 4.69) is 26.9 Å². The Labute approximate surface area is 148 Å². The zero-order valence-corrected chi connectivity index (χ0v) is 15.7. The van der Waals surface area contributed by atoms with Crippen molar-refractivity contribution in [1.82, 2.24) is 15.1 Å². The molecule has 7 nitrogen and oxygen atoms in total. The molecule has 0 saturated carbocycles. The van der Waals surface area contributed by atoms with Gasteiger partial charge in [0.05, 0.1) is 5.69 Å². The second kappa shape index (κ2) is 7.11. The number of aromatic nitrogens is 2. The third-order valence-corrected chi connectivity index (χ3v) is 4.22. The summed E-state index contributed by atoms with van der Waals surface area (Å²) in [6.07, 6.45) is 0. The van der Waals surface area contributed by atoms with Crippen LogP contribution in [0.5, 0.6) is 0 Å². The number of nitrogens with zero attached hydrogens (tertiary/aromatic N) is 4. The number of ether oxygens (including phenoxy) is 1. The molecule has 0 aliphatic carbocycles. The molecule has 0 spiro atoms. The van der Waals surface area contributed by atoms with Gasteiger partial charge in [0.25, 0.3) is 0 Å². The quantitative estimate of drug-likeness (QED) is 0.829. The molecule has 2 heterocycles. The number of carbonyl (C=O) groups is 1. The van der Waals surface area contributed by atoms with Crippen LogP contribution in [0.2, 0.25) is 5.15 Å². The SMILES string of the molecule is CC(C(=O)OC(C)(C)C)N1CCN(c2cc(Cl)nnc2N)C[C@H]1C. The maximum atomic E-state index is 12.3. The summed E-state index contributed by atoms with van der Waals surface area (Å²) in [6, 6.07) is 1.59. The minimum Gasteiger partial charge on any atom is -0.459 e. The van der Waals surface area contributed by atoms with Crippen molar-refractivity contribution in [3.05, 3.63) is 11.2 Å². The Balaban J connectivity index is 2.05. The van der Waals surface area contributed by atoms with Crippen LogP contribution in [0.15, 0.2) is 6.07 Å². The van der Waals surface area contributed by atoms with Crippen LogP contribution >= 0.6 is 11.6 Å². The first kappa shape index (κ1) is 18.7. The summed E-state index contributed by atoms with van der Waals surface area (Å²) in [7, 11) is 0. The van der Waals surface area contributed by atoms with Crippen LogP contribution in [-0.2, 0) is 9.53 Å². The molecule has 0 aromatic carbocycles. The lowest BCUT2D eigenvalue weighted by Gasteiger charge is -2.43. The largest absolute Gasteiger partial charge is 0.459 e. The summed E-state index contributed by atoms with van der Waals surface area (Å²) in [5.74, 6) is 0.163. The molecular weight excluding hydrogens is 330 g/mol. The van der Waals surface area contributed by atoms with Crippen molar-refractivity contribution in [2.24, 2.45) is 0 Å². The second-order valence-corrected chi connectivity index (χ2v) is 7.57. The van der Waals surface area contributed by atoms with Crippen LogP contribution < -0.4 is 10.6 Å². The fraction of sp³-hybridized carbons (Fsp3) is 0.688. The van der Waals surface area contributed by atoms with E-state index in [9.17, 15) is 4.79 Å². The van der Waals surface area contributed by atoms with E-state index in [1.165, 1.54) is 0 Å². The first-order valence-corrected chi connectivity index (χ1v) is 8.48. The molecule has 1 unspecified atom stereocenters. The van der Waals surface area contributed by atoms with E-state index in [1.807, 2.05) is 27.7 Å². The Morgan fingerprint density at radius 1 is 1.42 bits per heavy atom. The van der Waals surface area contributed by atoms with Crippen molar-refractivity contribution >= 4 is 29.1 Å². The third kappa shape index (κ3) is 4.48. The molecule has 1 aliphatic heterocycles. The predicted octanol–water partition coefficient (Wildman–Crippen LogP) is 1.95. The first-order chi connectivity index (χ1) is 11.1. The number of halogens is 1. The Morgan fingerprint density at radius 2 is 2.08 bits per heavy atom. The van der Waals surface area contributed by atoms with Crippen molar-refractivity contribution in [2.45, 2.75) is 52.3 Å². The van der Waals surface area contributed by atoms with E-state index in [-0.39, 0.29) is 18.1 Å². The van der Waals surface area contributed by atoms with E-state index in [0.717, 1.165) is 25.3 Å². The number of rotatable bonds is 3. The second-order valence-electron chi connectivity index (χ2n) is 7.18. The maximum Gasteiger partial charge on any atom is 0.323 e. The molecule has 0 bridgehead atoms. The minimum absolute atomic E-state index is 0.160. The number of piperazine rings is 1. The third-order valence-electron chi connectivity index (χ3n) is 4.04. The molecule has 0 amide bonds. The highest BCUT2D eigenvalue weighted by molar-refractivity contribution is 6.29. The van der Waals surface area contributed by atoms with Gasteiger partial charge in [0.2, 0.25) is 0 Å². The fourth-order valence-corrected chi connectivity index (χ4v) is 3.05. The van der Waals surface area contributed by atoms with Crippen molar-refractivity contribution in [2.75, 3.05) is 30.3 Å². The average molecular weight is 356 g/mol. The van der Waals surface area contributed by atoms with E-state index in [1.54, 1.807) is 6.07 Å². The average Bonchev–Trinajstić information content (AvgIpc) is 2.47. The number of esters is 1. The Hall–Kier alpha value is -1.60. The van der Waals surface area contributed by atoms with E-state index in [4.69, 9.17) is 22.1 Å². The van der Waals surface area contributed by atoms with Crippen LogP contribution in [0.1, 0.15) is 34.6 Å². The Kier molecular flexibility index (Phi) is 5.55. The summed E-state index contributed by atoms with van der Waals surface area (Å²) in [5, 5.41) is 7.93. The lowest BCUT2D eigenvalue weighted by atomic mass is 10.1. The van der Waals surface area contributed by atoms with Crippen LogP contribution in [0, 0.1) is 0 Å².